The van der Waals surface area contributed by atoms with Crippen molar-refractivity contribution >= 4 is 65.8 Å². The van der Waals surface area contributed by atoms with E-state index < -0.39 is 0 Å². The lowest BCUT2D eigenvalue weighted by Crippen LogP contribution is -2.01. The summed E-state index contributed by atoms with van der Waals surface area (Å²) in [4.78, 5) is 15.6. The summed E-state index contributed by atoms with van der Waals surface area (Å²) in [5.74, 6) is 1.57. The lowest BCUT2D eigenvalue weighted by atomic mass is 9.95. The molecule has 4 aromatic heterocycles. The number of aromatic nitrogens is 2. The number of hydrogen-bond acceptors (Lipinski definition) is 6. The third kappa shape index (κ3) is 5.94. The maximum atomic E-state index is 4.95. The second-order valence-electron chi connectivity index (χ2n) is 10.6. The van der Waals surface area contributed by atoms with Crippen LogP contribution >= 0.6 is 45.3 Å². The van der Waals surface area contributed by atoms with E-state index in [9.17, 15) is 0 Å². The minimum Gasteiger partial charge on any atom is -0.244 e. The highest BCUT2D eigenvalue weighted by molar-refractivity contribution is 7.22. The average molecular weight is 581 g/mol. The molecule has 0 N–H and O–H groups in total. The molecule has 0 bridgehead atoms. The Morgan fingerprint density at radius 2 is 1.08 bits per heavy atom. The Morgan fingerprint density at radius 3 is 1.47 bits per heavy atom. The van der Waals surface area contributed by atoms with Crippen LogP contribution in [0.4, 0.5) is 0 Å². The van der Waals surface area contributed by atoms with Gasteiger partial charge in [-0.3, -0.25) is 0 Å². The Labute approximate surface area is 244 Å². The molecule has 2 atom stereocenters. The predicted molar refractivity (Wildman–Crippen MR) is 173 cm³/mol. The molecular weight excluding hydrogens is 541 g/mol. The highest BCUT2D eigenvalue weighted by Crippen LogP contribution is 2.48. The number of rotatable bonds is 14. The molecule has 0 saturated heterocycles. The van der Waals surface area contributed by atoms with Crippen LogP contribution in [0.5, 0.6) is 0 Å². The van der Waals surface area contributed by atoms with Crippen molar-refractivity contribution < 1.29 is 0 Å². The van der Waals surface area contributed by atoms with Crippen molar-refractivity contribution in [2.24, 2.45) is 11.8 Å². The van der Waals surface area contributed by atoms with Gasteiger partial charge in [-0.15, -0.1) is 45.3 Å². The third-order valence-corrected chi connectivity index (χ3v) is 11.9. The molecule has 0 aliphatic rings. The molecule has 4 heterocycles. The SMILES string of the molecule is CCCCC(CC)Cc1ccc(-c2c3ncsc3c(-c3ccc(CC(CC)CCCC)s3)c3ncsc23)s1. The molecule has 38 heavy (non-hydrogen) atoms. The average Bonchev–Trinajstić information content (AvgIpc) is 3.75. The van der Waals surface area contributed by atoms with Crippen LogP contribution in [-0.4, -0.2) is 9.97 Å². The van der Waals surface area contributed by atoms with Gasteiger partial charge in [-0.05, 0) is 48.9 Å². The van der Waals surface area contributed by atoms with Gasteiger partial charge in [0.05, 0.1) is 31.5 Å². The maximum Gasteiger partial charge on any atom is 0.0921 e. The normalized spacial score (nSPS) is 13.6. The summed E-state index contributed by atoms with van der Waals surface area (Å²) in [6, 6.07) is 9.40. The van der Waals surface area contributed by atoms with E-state index >= 15 is 0 Å². The van der Waals surface area contributed by atoms with Crippen LogP contribution in [0.2, 0.25) is 0 Å². The molecule has 6 heteroatoms. The zero-order valence-corrected chi connectivity index (χ0v) is 26.5. The quantitative estimate of drug-likeness (QED) is 0.130. The summed E-state index contributed by atoms with van der Waals surface area (Å²) in [6.45, 7) is 9.28. The Balaban J connectivity index is 1.50. The van der Waals surface area contributed by atoms with Crippen molar-refractivity contribution in [3.05, 3.63) is 45.0 Å². The lowest BCUT2D eigenvalue weighted by Gasteiger charge is -2.13. The highest BCUT2D eigenvalue weighted by Gasteiger charge is 2.23. The topological polar surface area (TPSA) is 25.8 Å². The molecule has 1 aromatic carbocycles. The van der Waals surface area contributed by atoms with E-state index in [1.54, 1.807) is 22.7 Å². The molecule has 5 rings (SSSR count). The van der Waals surface area contributed by atoms with E-state index in [4.69, 9.17) is 9.97 Å². The van der Waals surface area contributed by atoms with Crippen molar-refractivity contribution in [1.82, 2.24) is 9.97 Å². The van der Waals surface area contributed by atoms with Crippen LogP contribution in [0.1, 0.15) is 88.8 Å². The Kier molecular flexibility index (Phi) is 9.69. The van der Waals surface area contributed by atoms with Gasteiger partial charge in [0.2, 0.25) is 0 Å². The van der Waals surface area contributed by atoms with E-state index in [2.05, 4.69) is 52.0 Å². The van der Waals surface area contributed by atoms with E-state index in [-0.39, 0.29) is 0 Å². The first-order chi connectivity index (χ1) is 18.7. The van der Waals surface area contributed by atoms with Gasteiger partial charge in [-0.2, -0.15) is 0 Å². The standard InChI is InChI=1S/C32H40N2S4/c1-5-9-11-21(7-3)17-23-13-15-25(37-23)27-29-32(36-19-33-29)28(30-31(27)35-20-34-30)26-16-14-24(38-26)18-22(8-4)12-10-6-2/h13-16,19-22H,5-12,17-18H2,1-4H3. The molecule has 0 saturated carbocycles. The van der Waals surface area contributed by atoms with Gasteiger partial charge in [0, 0.05) is 30.6 Å². The Bertz CT molecular complexity index is 1300. The largest absolute Gasteiger partial charge is 0.244 e. The van der Waals surface area contributed by atoms with Gasteiger partial charge in [-0.25, -0.2) is 9.97 Å². The van der Waals surface area contributed by atoms with Gasteiger partial charge >= 0.3 is 0 Å². The van der Waals surface area contributed by atoms with Crippen LogP contribution in [-0.2, 0) is 12.8 Å². The van der Waals surface area contributed by atoms with Gasteiger partial charge in [0.15, 0.2) is 0 Å². The van der Waals surface area contributed by atoms with E-state index in [1.165, 1.54) is 104 Å². The first-order valence-corrected chi connectivity index (χ1v) is 17.9. The van der Waals surface area contributed by atoms with Crippen molar-refractivity contribution in [3.8, 4) is 20.9 Å². The van der Waals surface area contributed by atoms with Gasteiger partial charge in [0.1, 0.15) is 0 Å². The zero-order valence-electron chi connectivity index (χ0n) is 23.2. The molecule has 0 spiro atoms. The molecule has 0 aliphatic heterocycles. The number of fused-ring (bicyclic) bond motifs is 2. The Hall–Kier alpha value is -1.60. The summed E-state index contributed by atoms with van der Waals surface area (Å²) >= 11 is 7.47. The second kappa shape index (κ2) is 13.2. The molecule has 2 nitrogen and oxygen atoms in total. The molecule has 0 radical (unpaired) electrons. The highest BCUT2D eigenvalue weighted by atomic mass is 32.1. The molecule has 0 amide bonds. The molecule has 0 fully saturated rings. The van der Waals surface area contributed by atoms with Crippen LogP contribution in [0, 0.1) is 11.8 Å². The summed E-state index contributed by atoms with van der Waals surface area (Å²) in [6.07, 6.45) is 12.8. The summed E-state index contributed by atoms with van der Waals surface area (Å²) in [5, 5.41) is 0. The van der Waals surface area contributed by atoms with Crippen LogP contribution in [0.3, 0.4) is 0 Å². The monoisotopic (exact) mass is 580 g/mol. The minimum absolute atomic E-state index is 0.786. The predicted octanol–water partition coefficient (Wildman–Crippen LogP) is 11.9. The fourth-order valence-electron chi connectivity index (χ4n) is 5.58. The fraction of sp³-hybridized carbons (Fsp3) is 0.500. The van der Waals surface area contributed by atoms with Crippen molar-refractivity contribution in [1.29, 1.82) is 0 Å². The lowest BCUT2D eigenvalue weighted by molar-refractivity contribution is 0.452. The van der Waals surface area contributed by atoms with E-state index in [0.29, 0.717) is 0 Å². The number of unbranched alkanes of at least 4 members (excludes halogenated alkanes) is 2. The first-order valence-electron chi connectivity index (χ1n) is 14.5. The molecule has 0 aliphatic carbocycles. The van der Waals surface area contributed by atoms with Crippen molar-refractivity contribution in [3.63, 3.8) is 0 Å². The van der Waals surface area contributed by atoms with Gasteiger partial charge in [0.25, 0.3) is 0 Å². The van der Waals surface area contributed by atoms with Gasteiger partial charge in [-0.1, -0.05) is 79.1 Å². The summed E-state index contributed by atoms with van der Waals surface area (Å²) in [5.41, 5.74) is 8.94. The van der Waals surface area contributed by atoms with Crippen LogP contribution in [0.15, 0.2) is 35.3 Å². The number of thiazole rings is 2. The molecule has 2 unspecified atom stereocenters. The van der Waals surface area contributed by atoms with Gasteiger partial charge < -0.3 is 0 Å². The Morgan fingerprint density at radius 1 is 0.632 bits per heavy atom. The zero-order chi connectivity index (χ0) is 26.5. The number of nitrogens with zero attached hydrogens (tertiary/aromatic N) is 2. The van der Waals surface area contributed by atoms with Crippen LogP contribution < -0.4 is 0 Å². The number of hydrogen-bond donors (Lipinski definition) is 0. The summed E-state index contributed by atoms with van der Waals surface area (Å²) < 4.78 is 2.57. The number of thiophene rings is 2. The van der Waals surface area contributed by atoms with E-state index in [0.717, 1.165) is 22.9 Å². The first kappa shape index (κ1) is 27.9. The maximum absolute atomic E-state index is 4.95. The smallest absolute Gasteiger partial charge is 0.0921 e. The van der Waals surface area contributed by atoms with E-state index in [1.807, 2.05) is 33.7 Å². The molecule has 5 aromatic rings. The molecule has 202 valence electrons. The van der Waals surface area contributed by atoms with Crippen molar-refractivity contribution in [2.45, 2.75) is 91.9 Å². The van der Waals surface area contributed by atoms with Crippen LogP contribution in [0.25, 0.3) is 41.3 Å². The molecular formula is C32H40N2S4. The fourth-order valence-corrected chi connectivity index (χ4v) is 9.76. The van der Waals surface area contributed by atoms with Crippen molar-refractivity contribution in [2.75, 3.05) is 0 Å². The number of benzene rings is 1. The second-order valence-corrected chi connectivity index (χ2v) is 14.6. The minimum atomic E-state index is 0.786. The summed E-state index contributed by atoms with van der Waals surface area (Å²) in [7, 11) is 0. The third-order valence-electron chi connectivity index (χ3n) is 7.94.